The van der Waals surface area contributed by atoms with Crippen molar-refractivity contribution in [3.05, 3.63) is 24.3 Å². The van der Waals surface area contributed by atoms with Crippen molar-refractivity contribution in [3.63, 3.8) is 0 Å². The smallest absolute Gasteiger partial charge is 0.462 e. The molecule has 0 aliphatic carbocycles. The van der Waals surface area contributed by atoms with Gasteiger partial charge in [-0.2, -0.15) is 0 Å². The quantitative estimate of drug-likeness (QED) is 0.0271. The van der Waals surface area contributed by atoms with Crippen LogP contribution in [0.4, 0.5) is 0 Å². The van der Waals surface area contributed by atoms with Gasteiger partial charge in [-0.15, -0.1) is 0 Å². The normalized spacial score (nSPS) is 11.6. The fourth-order valence-corrected chi connectivity index (χ4v) is 11.3. The molecule has 382 valence electrons. The van der Waals surface area contributed by atoms with Crippen molar-refractivity contribution in [2.75, 3.05) is 119 Å². The predicted molar refractivity (Wildman–Crippen MR) is 247 cm³/mol. The summed E-state index contributed by atoms with van der Waals surface area (Å²) in [5, 5.41) is 0. The van der Waals surface area contributed by atoms with E-state index in [-0.39, 0.29) is 103 Å². The highest BCUT2D eigenvalue weighted by Gasteiger charge is 2.41. The average Bonchev–Trinajstić information content (AvgIpc) is 3.27. The maximum Gasteiger partial charge on any atom is 0.500 e. The zero-order valence-corrected chi connectivity index (χ0v) is 43.0. The summed E-state index contributed by atoms with van der Waals surface area (Å²) in [6.45, 7) is 25.3. The summed E-state index contributed by atoms with van der Waals surface area (Å²) in [6.07, 6.45) is 1.27. The van der Waals surface area contributed by atoms with E-state index in [1.807, 2.05) is 51.3 Å². The van der Waals surface area contributed by atoms with E-state index in [0.717, 1.165) is 0 Å². The van der Waals surface area contributed by atoms with Gasteiger partial charge in [-0.1, -0.05) is 13.2 Å². The van der Waals surface area contributed by atoms with Crippen LogP contribution in [-0.4, -0.2) is 182 Å². The highest BCUT2D eigenvalue weighted by molar-refractivity contribution is 6.61. The van der Waals surface area contributed by atoms with Gasteiger partial charge in [0.2, 0.25) is 0 Å². The lowest BCUT2D eigenvalue weighted by molar-refractivity contribution is -0.153. The van der Waals surface area contributed by atoms with Crippen LogP contribution in [0.3, 0.4) is 0 Å². The summed E-state index contributed by atoms with van der Waals surface area (Å²) in [5.74, 6) is -3.16. The van der Waals surface area contributed by atoms with E-state index in [4.69, 9.17) is 55.0 Å². The van der Waals surface area contributed by atoms with Crippen LogP contribution in [0.1, 0.15) is 93.9 Å². The Labute approximate surface area is 394 Å². The first-order valence-electron chi connectivity index (χ1n) is 23.1. The van der Waals surface area contributed by atoms with Crippen LogP contribution in [0.15, 0.2) is 24.3 Å². The molecule has 0 saturated carbocycles. The topological polar surface area (TPSA) is 220 Å². The van der Waals surface area contributed by atoms with Crippen molar-refractivity contribution in [1.82, 2.24) is 9.80 Å². The third-order valence-corrected chi connectivity index (χ3v) is 15.4. The molecule has 0 amide bonds. The molecule has 0 radical (unpaired) electrons. The number of nitrogens with zero attached hydrogens (tertiary/aromatic N) is 2. The van der Waals surface area contributed by atoms with E-state index in [2.05, 4.69) is 13.2 Å². The fourth-order valence-electron chi connectivity index (χ4n) is 6.14. The summed E-state index contributed by atoms with van der Waals surface area (Å²) in [6, 6.07) is 1.07. The Balaban J connectivity index is 5.30. The van der Waals surface area contributed by atoms with Gasteiger partial charge in [-0.3, -0.25) is 19.2 Å². The highest BCUT2D eigenvalue weighted by atomic mass is 28.4. The second-order valence-corrected chi connectivity index (χ2v) is 20.0. The summed E-state index contributed by atoms with van der Waals surface area (Å²) in [5.41, 5.74) is 0.480. The summed E-state index contributed by atoms with van der Waals surface area (Å²) in [7, 11) is -5.85. The van der Waals surface area contributed by atoms with Crippen LogP contribution >= 0.6 is 0 Å². The van der Waals surface area contributed by atoms with Gasteiger partial charge in [0, 0.05) is 89.1 Å². The fraction of sp³-hybridized carbons (Fsp3) is 0.773. The number of hydrogen-bond donors (Lipinski definition) is 0. The van der Waals surface area contributed by atoms with Crippen LogP contribution < -0.4 is 0 Å². The van der Waals surface area contributed by atoms with E-state index in [0.29, 0.717) is 77.7 Å². The minimum absolute atomic E-state index is 0.00186. The van der Waals surface area contributed by atoms with Crippen LogP contribution in [0.25, 0.3) is 0 Å². The van der Waals surface area contributed by atoms with Crippen LogP contribution in [-0.2, 0) is 83.7 Å². The van der Waals surface area contributed by atoms with Crippen molar-refractivity contribution in [2.45, 2.75) is 106 Å². The lowest BCUT2D eigenvalue weighted by atomic mass is 10.3. The molecule has 0 atom stereocenters. The van der Waals surface area contributed by atoms with Crippen molar-refractivity contribution < 1.29 is 83.7 Å². The molecule has 0 unspecified atom stereocenters. The molecule has 22 heteroatoms. The molecule has 0 aromatic carbocycles. The molecular formula is C44H80N2O18Si2. The Bertz CT molecular complexity index is 1300. The molecule has 0 bridgehead atoms. The summed E-state index contributed by atoms with van der Waals surface area (Å²) in [4.78, 5) is 77.7. The number of carbonyl (C=O) groups excluding carboxylic acids is 6. The number of rotatable bonds is 43. The molecule has 0 heterocycles. The van der Waals surface area contributed by atoms with E-state index in [1.165, 1.54) is 13.8 Å². The lowest BCUT2D eigenvalue weighted by Crippen LogP contribution is -2.46. The van der Waals surface area contributed by atoms with E-state index in [1.54, 1.807) is 0 Å². The SMILES string of the molecule is C=C(C)C(=O)OCCOC(=O)CCN(CCC[Si](OCC)(OCC)OCC)CCC(=O)OCCOC(=O)CCN(CCC[Si](OCC)(OCC)OCC)CCC(=O)OCCOC(=O)C(=C)C. The van der Waals surface area contributed by atoms with Gasteiger partial charge in [-0.25, -0.2) is 9.59 Å². The molecule has 0 N–H and O–H groups in total. The van der Waals surface area contributed by atoms with Crippen molar-refractivity contribution in [3.8, 4) is 0 Å². The van der Waals surface area contributed by atoms with Gasteiger partial charge < -0.3 is 64.8 Å². The second kappa shape index (κ2) is 38.4. The minimum Gasteiger partial charge on any atom is -0.462 e. The molecule has 0 aliphatic rings. The molecule has 0 rings (SSSR count). The molecule has 0 aromatic rings. The third-order valence-electron chi connectivity index (χ3n) is 9.09. The zero-order valence-electron chi connectivity index (χ0n) is 41.0. The lowest BCUT2D eigenvalue weighted by Gasteiger charge is -2.29. The molecule has 0 saturated heterocycles. The van der Waals surface area contributed by atoms with Crippen LogP contribution in [0.2, 0.25) is 12.1 Å². The Kier molecular flexibility index (Phi) is 36.3. The van der Waals surface area contributed by atoms with Crippen LogP contribution in [0, 0.1) is 0 Å². The Morgan fingerprint density at radius 1 is 0.379 bits per heavy atom. The van der Waals surface area contributed by atoms with Gasteiger partial charge in [-0.05, 0) is 81.3 Å². The predicted octanol–water partition coefficient (Wildman–Crippen LogP) is 4.44. The summed E-state index contributed by atoms with van der Waals surface area (Å²) < 4.78 is 66.9. The Morgan fingerprint density at radius 2 is 0.606 bits per heavy atom. The first kappa shape index (κ1) is 62.4. The molecule has 66 heavy (non-hydrogen) atoms. The largest absolute Gasteiger partial charge is 0.500 e. The number of ether oxygens (including phenoxy) is 6. The molecule has 0 aromatic heterocycles. The number of esters is 6. The molecule has 0 spiro atoms. The van der Waals surface area contributed by atoms with Gasteiger partial charge in [0.15, 0.2) is 0 Å². The first-order chi connectivity index (χ1) is 31.5. The van der Waals surface area contributed by atoms with Crippen molar-refractivity contribution in [1.29, 1.82) is 0 Å². The van der Waals surface area contributed by atoms with Crippen molar-refractivity contribution in [2.24, 2.45) is 0 Å². The Morgan fingerprint density at radius 3 is 0.818 bits per heavy atom. The Hall–Kier alpha value is -3.59. The second-order valence-electron chi connectivity index (χ2n) is 14.6. The first-order valence-corrected chi connectivity index (χ1v) is 27.0. The monoisotopic (exact) mass is 980 g/mol. The summed E-state index contributed by atoms with van der Waals surface area (Å²) >= 11 is 0. The van der Waals surface area contributed by atoms with E-state index >= 15 is 0 Å². The maximum atomic E-state index is 12.8. The van der Waals surface area contributed by atoms with E-state index < -0.39 is 53.4 Å². The molecule has 20 nitrogen and oxygen atoms in total. The van der Waals surface area contributed by atoms with Crippen molar-refractivity contribution >= 4 is 53.4 Å². The van der Waals surface area contributed by atoms with Gasteiger partial charge in [0.05, 0.1) is 25.7 Å². The highest BCUT2D eigenvalue weighted by Crippen LogP contribution is 2.20. The minimum atomic E-state index is -2.92. The zero-order chi connectivity index (χ0) is 49.6. The third kappa shape index (κ3) is 30.7. The standard InChI is InChI=1S/C44H80N2O18Si2/c1-11-59-65(60-12-2,61-13-3)35-17-23-45(27-21-41(49)55-31-33-57-43(51)37(7)8)25-19-39(47)53-29-30-54-40(48)20-26-46(24-18-36-66(62-14-4,63-15-5)64-16-6)28-22-42(50)56-32-34-58-44(52)38(9)10/h7,9,11-36H2,1-6,8,10H3. The molecular weight excluding hydrogens is 901 g/mol. The number of hydrogen-bond acceptors (Lipinski definition) is 20. The number of carbonyl (C=O) groups is 6. The van der Waals surface area contributed by atoms with Crippen LogP contribution in [0.5, 0.6) is 0 Å². The maximum absolute atomic E-state index is 12.8. The van der Waals surface area contributed by atoms with E-state index in [9.17, 15) is 28.8 Å². The molecule has 0 fully saturated rings. The van der Waals surface area contributed by atoms with Gasteiger partial charge >= 0.3 is 53.4 Å². The van der Waals surface area contributed by atoms with Gasteiger partial charge in [0.25, 0.3) is 0 Å². The molecule has 0 aliphatic heterocycles. The van der Waals surface area contributed by atoms with Gasteiger partial charge in [0.1, 0.15) is 39.6 Å². The average molecular weight is 981 g/mol.